The molecule has 0 spiro atoms. The van der Waals surface area contributed by atoms with Crippen LogP contribution in [0.5, 0.6) is 0 Å². The van der Waals surface area contributed by atoms with Crippen LogP contribution in [-0.4, -0.2) is 24.9 Å². The van der Waals surface area contributed by atoms with E-state index in [0.717, 1.165) is 35.9 Å². The van der Waals surface area contributed by atoms with Crippen molar-refractivity contribution in [2.45, 2.75) is 43.1 Å². The molecule has 6 nitrogen and oxygen atoms in total. The molecule has 0 atom stereocenters. The largest absolute Gasteiger partial charge is 0.338 e. The zero-order valence-electron chi connectivity index (χ0n) is 13.0. The molecular formula is C16H16FN5OS. The molecule has 2 aromatic heterocycles. The molecule has 0 N–H and O–H groups in total. The molecule has 8 heteroatoms. The lowest BCUT2D eigenvalue weighted by molar-refractivity contribution is 0.391. The van der Waals surface area contributed by atoms with Crippen molar-refractivity contribution in [1.82, 2.24) is 24.9 Å². The normalized spacial score (nSPS) is 14.4. The first-order valence-corrected chi connectivity index (χ1v) is 8.91. The van der Waals surface area contributed by atoms with Crippen molar-refractivity contribution < 1.29 is 8.91 Å². The minimum absolute atomic E-state index is 0.287. The summed E-state index contributed by atoms with van der Waals surface area (Å²) in [5.74, 6) is 2.29. The van der Waals surface area contributed by atoms with Gasteiger partial charge in [0.2, 0.25) is 11.7 Å². The summed E-state index contributed by atoms with van der Waals surface area (Å²) in [6.07, 6.45) is 4.56. The Balaban J connectivity index is 1.45. The topological polar surface area (TPSA) is 69.6 Å². The fourth-order valence-electron chi connectivity index (χ4n) is 2.72. The zero-order valence-corrected chi connectivity index (χ0v) is 13.8. The Morgan fingerprint density at radius 2 is 2.00 bits per heavy atom. The standard InChI is InChI=1S/C16H16FN5OS/c17-12-7-5-11(6-8-12)15-18-14(23-21-15)10-24-16-20-19-13-4-2-1-3-9-22(13)16/h5-8H,1-4,9-10H2. The van der Waals surface area contributed by atoms with Gasteiger partial charge in [-0.3, -0.25) is 0 Å². The second kappa shape index (κ2) is 6.72. The lowest BCUT2D eigenvalue weighted by Gasteiger charge is -2.04. The summed E-state index contributed by atoms with van der Waals surface area (Å²) in [6, 6.07) is 6.03. The van der Waals surface area contributed by atoms with Gasteiger partial charge in [0.05, 0.1) is 5.75 Å². The highest BCUT2D eigenvalue weighted by atomic mass is 32.2. The molecule has 24 heavy (non-hydrogen) atoms. The van der Waals surface area contributed by atoms with Crippen LogP contribution >= 0.6 is 11.8 Å². The molecule has 4 rings (SSSR count). The Kier molecular flexibility index (Phi) is 4.29. The van der Waals surface area contributed by atoms with E-state index in [1.54, 1.807) is 23.9 Å². The Labute approximate surface area is 142 Å². The number of benzene rings is 1. The SMILES string of the molecule is Fc1ccc(-c2noc(CSc3nnc4n3CCCCC4)n2)cc1. The third kappa shape index (κ3) is 3.19. The fraction of sp³-hybridized carbons (Fsp3) is 0.375. The van der Waals surface area contributed by atoms with Crippen LogP contribution in [0.1, 0.15) is 31.0 Å². The van der Waals surface area contributed by atoms with Crippen molar-refractivity contribution >= 4 is 11.8 Å². The van der Waals surface area contributed by atoms with E-state index in [4.69, 9.17) is 4.52 Å². The van der Waals surface area contributed by atoms with E-state index in [0.29, 0.717) is 17.5 Å². The van der Waals surface area contributed by atoms with Gasteiger partial charge in [0.25, 0.3) is 0 Å². The molecule has 1 aliphatic heterocycles. The van der Waals surface area contributed by atoms with Gasteiger partial charge in [-0.15, -0.1) is 10.2 Å². The summed E-state index contributed by atoms with van der Waals surface area (Å²) in [6.45, 7) is 0.968. The molecule has 0 saturated carbocycles. The number of hydrogen-bond acceptors (Lipinski definition) is 6. The summed E-state index contributed by atoms with van der Waals surface area (Å²) >= 11 is 1.55. The molecule has 1 aromatic carbocycles. The number of thioether (sulfide) groups is 1. The summed E-state index contributed by atoms with van der Waals surface area (Å²) in [7, 11) is 0. The van der Waals surface area contributed by atoms with E-state index >= 15 is 0 Å². The highest BCUT2D eigenvalue weighted by molar-refractivity contribution is 7.98. The summed E-state index contributed by atoms with van der Waals surface area (Å²) in [4.78, 5) is 4.36. The van der Waals surface area contributed by atoms with Crippen LogP contribution in [0.15, 0.2) is 33.9 Å². The fourth-order valence-corrected chi connectivity index (χ4v) is 3.54. The van der Waals surface area contributed by atoms with Crippen LogP contribution in [0.25, 0.3) is 11.4 Å². The van der Waals surface area contributed by atoms with Gasteiger partial charge >= 0.3 is 0 Å². The number of aryl methyl sites for hydroxylation is 1. The van der Waals surface area contributed by atoms with E-state index < -0.39 is 0 Å². The molecule has 0 saturated heterocycles. The quantitative estimate of drug-likeness (QED) is 0.674. The third-order valence-electron chi connectivity index (χ3n) is 3.97. The number of fused-ring (bicyclic) bond motifs is 1. The maximum absolute atomic E-state index is 13.0. The smallest absolute Gasteiger partial charge is 0.237 e. The molecule has 0 aliphatic carbocycles. The van der Waals surface area contributed by atoms with Gasteiger partial charge in [-0.2, -0.15) is 4.98 Å². The van der Waals surface area contributed by atoms with Gasteiger partial charge < -0.3 is 9.09 Å². The maximum Gasteiger partial charge on any atom is 0.237 e. The summed E-state index contributed by atoms with van der Waals surface area (Å²) in [5, 5.41) is 13.4. The first-order chi connectivity index (χ1) is 11.8. The molecule has 0 amide bonds. The highest BCUT2D eigenvalue weighted by Crippen LogP contribution is 2.25. The summed E-state index contributed by atoms with van der Waals surface area (Å²) in [5.41, 5.74) is 0.729. The minimum Gasteiger partial charge on any atom is -0.338 e. The number of rotatable bonds is 4. The summed E-state index contributed by atoms with van der Waals surface area (Å²) < 4.78 is 20.4. The molecular weight excluding hydrogens is 329 g/mol. The lowest BCUT2D eigenvalue weighted by atomic mass is 10.2. The van der Waals surface area contributed by atoms with Crippen LogP contribution in [0.4, 0.5) is 4.39 Å². The van der Waals surface area contributed by atoms with Gasteiger partial charge in [-0.1, -0.05) is 23.3 Å². The van der Waals surface area contributed by atoms with E-state index in [1.165, 1.54) is 25.0 Å². The van der Waals surface area contributed by atoms with E-state index in [-0.39, 0.29) is 5.82 Å². The van der Waals surface area contributed by atoms with Crippen LogP contribution in [0, 0.1) is 5.82 Å². The van der Waals surface area contributed by atoms with Gasteiger partial charge in [0.1, 0.15) is 11.6 Å². The molecule has 0 bridgehead atoms. The second-order valence-electron chi connectivity index (χ2n) is 5.67. The number of hydrogen-bond donors (Lipinski definition) is 0. The average molecular weight is 345 g/mol. The van der Waals surface area contributed by atoms with E-state index in [2.05, 4.69) is 24.9 Å². The molecule has 1 aliphatic rings. The predicted octanol–water partition coefficient (Wildman–Crippen LogP) is 3.49. The van der Waals surface area contributed by atoms with Crippen LogP contribution in [-0.2, 0) is 18.7 Å². The van der Waals surface area contributed by atoms with E-state index in [9.17, 15) is 4.39 Å². The van der Waals surface area contributed by atoms with Gasteiger partial charge in [-0.25, -0.2) is 4.39 Å². The monoisotopic (exact) mass is 345 g/mol. The van der Waals surface area contributed by atoms with Crippen molar-refractivity contribution in [1.29, 1.82) is 0 Å². The van der Waals surface area contributed by atoms with Crippen LogP contribution < -0.4 is 0 Å². The first-order valence-electron chi connectivity index (χ1n) is 7.93. The van der Waals surface area contributed by atoms with Gasteiger partial charge in [-0.05, 0) is 37.1 Å². The second-order valence-corrected chi connectivity index (χ2v) is 6.61. The Morgan fingerprint density at radius 1 is 1.12 bits per heavy atom. The van der Waals surface area contributed by atoms with Crippen LogP contribution in [0.3, 0.4) is 0 Å². The molecule has 3 aromatic rings. The molecule has 124 valence electrons. The van der Waals surface area contributed by atoms with Crippen molar-refractivity contribution in [3.63, 3.8) is 0 Å². The number of nitrogens with zero attached hydrogens (tertiary/aromatic N) is 5. The third-order valence-corrected chi connectivity index (χ3v) is 4.92. The van der Waals surface area contributed by atoms with Crippen molar-refractivity contribution in [2.75, 3.05) is 0 Å². The van der Waals surface area contributed by atoms with Gasteiger partial charge in [0.15, 0.2) is 5.16 Å². The number of aromatic nitrogens is 5. The zero-order chi connectivity index (χ0) is 16.4. The minimum atomic E-state index is -0.287. The van der Waals surface area contributed by atoms with Gasteiger partial charge in [0, 0.05) is 18.5 Å². The van der Waals surface area contributed by atoms with Crippen molar-refractivity contribution in [3.8, 4) is 11.4 Å². The average Bonchev–Trinajstić information content (AvgIpc) is 3.15. The molecule has 0 radical (unpaired) electrons. The Morgan fingerprint density at radius 3 is 2.88 bits per heavy atom. The highest BCUT2D eigenvalue weighted by Gasteiger charge is 2.16. The molecule has 3 heterocycles. The van der Waals surface area contributed by atoms with E-state index in [1.807, 2.05) is 0 Å². The lowest BCUT2D eigenvalue weighted by Crippen LogP contribution is -2.02. The predicted molar refractivity (Wildman–Crippen MR) is 86.8 cm³/mol. The molecule has 0 fully saturated rings. The Bertz CT molecular complexity index is 829. The molecule has 0 unspecified atom stereocenters. The van der Waals surface area contributed by atoms with Crippen molar-refractivity contribution in [3.05, 3.63) is 41.8 Å². The number of halogens is 1. The Hall–Kier alpha value is -2.22. The van der Waals surface area contributed by atoms with Crippen molar-refractivity contribution in [2.24, 2.45) is 0 Å². The maximum atomic E-state index is 13.0. The van der Waals surface area contributed by atoms with Crippen LogP contribution in [0.2, 0.25) is 0 Å². The first kappa shape index (κ1) is 15.3.